The van der Waals surface area contributed by atoms with E-state index in [1.54, 1.807) is 11.3 Å². The summed E-state index contributed by atoms with van der Waals surface area (Å²) in [6.45, 7) is 3.82. The molecule has 0 aliphatic carbocycles. The van der Waals surface area contributed by atoms with E-state index in [1.165, 1.54) is 0 Å². The number of rotatable bonds is 6. The Kier molecular flexibility index (Phi) is 5.03. The molecule has 28 heavy (non-hydrogen) atoms. The molecule has 0 spiro atoms. The van der Waals surface area contributed by atoms with Gasteiger partial charge in [0.15, 0.2) is 0 Å². The lowest BCUT2D eigenvalue weighted by atomic mass is 10.2. The van der Waals surface area contributed by atoms with Gasteiger partial charge in [-0.25, -0.2) is 4.68 Å². The van der Waals surface area contributed by atoms with Gasteiger partial charge in [0.05, 0.1) is 27.6 Å². The van der Waals surface area contributed by atoms with Crippen molar-refractivity contribution in [3.8, 4) is 16.4 Å². The molecule has 1 amide bonds. The number of nitrogens with one attached hydrogen (secondary N) is 1. The minimum atomic E-state index is -0.116. The Labute approximate surface area is 166 Å². The lowest BCUT2D eigenvalue weighted by Crippen LogP contribution is -2.13. The van der Waals surface area contributed by atoms with Crippen LogP contribution in [-0.4, -0.2) is 25.8 Å². The van der Waals surface area contributed by atoms with Crippen LogP contribution in [0.1, 0.15) is 23.7 Å². The molecule has 142 valence electrons. The summed E-state index contributed by atoms with van der Waals surface area (Å²) in [4.78, 5) is 17.7. The Morgan fingerprint density at radius 1 is 1.18 bits per heavy atom. The highest BCUT2D eigenvalue weighted by atomic mass is 32.1. The van der Waals surface area contributed by atoms with Crippen molar-refractivity contribution in [2.45, 2.75) is 26.7 Å². The van der Waals surface area contributed by atoms with Gasteiger partial charge in [-0.05, 0) is 37.4 Å². The topological polar surface area (TPSA) is 85.8 Å². The average Bonchev–Trinajstić information content (AvgIpc) is 3.44. The molecule has 0 aliphatic rings. The summed E-state index contributed by atoms with van der Waals surface area (Å²) in [6, 6.07) is 13.7. The second-order valence-corrected chi connectivity index (χ2v) is 7.28. The van der Waals surface area contributed by atoms with Crippen molar-refractivity contribution in [1.29, 1.82) is 0 Å². The zero-order chi connectivity index (χ0) is 19.5. The Morgan fingerprint density at radius 2 is 2.00 bits per heavy atom. The van der Waals surface area contributed by atoms with E-state index in [0.29, 0.717) is 18.1 Å². The number of aromatic nitrogens is 4. The fourth-order valence-corrected chi connectivity index (χ4v) is 3.58. The number of nitrogens with zero attached hydrogens (tertiary/aromatic N) is 4. The van der Waals surface area contributed by atoms with E-state index < -0.39 is 0 Å². The van der Waals surface area contributed by atoms with Crippen LogP contribution in [0.25, 0.3) is 16.4 Å². The van der Waals surface area contributed by atoms with Gasteiger partial charge in [-0.3, -0.25) is 4.79 Å². The van der Waals surface area contributed by atoms with Crippen LogP contribution in [0.15, 0.2) is 52.4 Å². The highest BCUT2D eigenvalue weighted by Crippen LogP contribution is 2.24. The van der Waals surface area contributed by atoms with Gasteiger partial charge in [0, 0.05) is 12.8 Å². The molecule has 0 aliphatic heterocycles. The second kappa shape index (κ2) is 7.77. The van der Waals surface area contributed by atoms with Crippen molar-refractivity contribution in [1.82, 2.24) is 19.9 Å². The van der Waals surface area contributed by atoms with E-state index in [9.17, 15) is 4.79 Å². The molecule has 8 heteroatoms. The van der Waals surface area contributed by atoms with E-state index in [4.69, 9.17) is 4.52 Å². The Morgan fingerprint density at radius 3 is 2.75 bits per heavy atom. The molecule has 4 aromatic rings. The number of benzene rings is 1. The molecule has 0 saturated heterocycles. The maximum absolute atomic E-state index is 12.4. The minimum Gasteiger partial charge on any atom is -0.339 e. The van der Waals surface area contributed by atoms with Crippen molar-refractivity contribution in [3.05, 3.63) is 65.1 Å². The molecule has 1 aromatic carbocycles. The quantitative estimate of drug-likeness (QED) is 0.531. The zero-order valence-corrected chi connectivity index (χ0v) is 16.4. The third kappa shape index (κ3) is 3.72. The Balaban J connectivity index is 1.41. The largest absolute Gasteiger partial charge is 0.339 e. The fraction of sp³-hybridized carbons (Fsp3) is 0.200. The van der Waals surface area contributed by atoms with Crippen LogP contribution in [0, 0.1) is 13.8 Å². The smallest absolute Gasteiger partial charge is 0.227 e. The van der Waals surface area contributed by atoms with Crippen molar-refractivity contribution in [3.63, 3.8) is 0 Å². The van der Waals surface area contributed by atoms with E-state index >= 15 is 0 Å². The van der Waals surface area contributed by atoms with Gasteiger partial charge in [0.2, 0.25) is 17.6 Å². The van der Waals surface area contributed by atoms with Crippen LogP contribution in [0.4, 0.5) is 5.69 Å². The van der Waals surface area contributed by atoms with Gasteiger partial charge < -0.3 is 9.84 Å². The molecule has 0 fully saturated rings. The zero-order valence-electron chi connectivity index (χ0n) is 15.5. The van der Waals surface area contributed by atoms with Crippen LogP contribution < -0.4 is 5.32 Å². The predicted octanol–water partition coefficient (Wildman–Crippen LogP) is 4.17. The number of amides is 1. The van der Waals surface area contributed by atoms with E-state index in [2.05, 4.69) is 20.6 Å². The van der Waals surface area contributed by atoms with E-state index in [-0.39, 0.29) is 12.3 Å². The molecule has 4 rings (SSSR count). The first-order valence-electron chi connectivity index (χ1n) is 8.90. The van der Waals surface area contributed by atoms with Gasteiger partial charge in [-0.15, -0.1) is 11.3 Å². The molecule has 0 saturated carbocycles. The summed E-state index contributed by atoms with van der Waals surface area (Å²) in [6.07, 6.45) is 0.636. The van der Waals surface area contributed by atoms with E-state index in [1.807, 2.05) is 66.4 Å². The van der Waals surface area contributed by atoms with Gasteiger partial charge in [-0.2, -0.15) is 10.1 Å². The minimum absolute atomic E-state index is 0.116. The number of para-hydroxylation sites is 1. The number of anilines is 1. The SMILES string of the molecule is Cc1nn(-c2ccccc2)c(C)c1NC(=O)CCc1nc(-c2cccs2)no1. The highest BCUT2D eigenvalue weighted by Gasteiger charge is 2.16. The average molecular weight is 393 g/mol. The number of hydrogen-bond acceptors (Lipinski definition) is 6. The third-order valence-electron chi connectivity index (χ3n) is 4.33. The van der Waals surface area contributed by atoms with Crippen molar-refractivity contribution >= 4 is 22.9 Å². The lowest BCUT2D eigenvalue weighted by Gasteiger charge is -2.06. The van der Waals surface area contributed by atoms with Crippen molar-refractivity contribution in [2.75, 3.05) is 5.32 Å². The number of carbonyl (C=O) groups excluding carboxylic acids is 1. The molecule has 0 radical (unpaired) electrons. The van der Waals surface area contributed by atoms with Crippen molar-refractivity contribution < 1.29 is 9.32 Å². The van der Waals surface area contributed by atoms with Crippen LogP contribution in [0.5, 0.6) is 0 Å². The molecule has 7 nitrogen and oxygen atoms in total. The Hall–Kier alpha value is -3.26. The molecule has 3 aromatic heterocycles. The first-order chi connectivity index (χ1) is 13.6. The lowest BCUT2D eigenvalue weighted by molar-refractivity contribution is -0.116. The third-order valence-corrected chi connectivity index (χ3v) is 5.20. The summed E-state index contributed by atoms with van der Waals surface area (Å²) in [7, 11) is 0. The molecular formula is C20H19N5O2S. The first kappa shape index (κ1) is 18.1. The maximum Gasteiger partial charge on any atom is 0.227 e. The number of thiophene rings is 1. The highest BCUT2D eigenvalue weighted by molar-refractivity contribution is 7.13. The van der Waals surface area contributed by atoms with Gasteiger partial charge in [0.1, 0.15) is 0 Å². The maximum atomic E-state index is 12.4. The summed E-state index contributed by atoms with van der Waals surface area (Å²) < 4.78 is 7.08. The van der Waals surface area contributed by atoms with Gasteiger partial charge >= 0.3 is 0 Å². The predicted molar refractivity (Wildman–Crippen MR) is 108 cm³/mol. The molecule has 1 N–H and O–H groups in total. The first-order valence-corrected chi connectivity index (χ1v) is 9.78. The monoisotopic (exact) mass is 393 g/mol. The van der Waals surface area contributed by atoms with Crippen LogP contribution >= 0.6 is 11.3 Å². The second-order valence-electron chi connectivity index (χ2n) is 6.33. The molecule has 0 bridgehead atoms. The fourth-order valence-electron chi connectivity index (χ4n) is 2.93. The summed E-state index contributed by atoms with van der Waals surface area (Å²) >= 11 is 1.55. The standard InChI is InChI=1S/C20H19N5O2S/c1-13-19(14(2)25(23-13)15-7-4-3-5-8-15)21-17(26)10-11-18-22-20(24-27-18)16-9-6-12-28-16/h3-9,12H,10-11H2,1-2H3,(H,21,26). The van der Waals surface area contributed by atoms with Crippen molar-refractivity contribution in [2.24, 2.45) is 0 Å². The van der Waals surface area contributed by atoms with E-state index in [0.717, 1.165) is 27.6 Å². The van der Waals surface area contributed by atoms with Crippen LogP contribution in [0.3, 0.4) is 0 Å². The molecule has 0 atom stereocenters. The van der Waals surface area contributed by atoms with Gasteiger partial charge in [-0.1, -0.05) is 29.4 Å². The number of carbonyl (C=O) groups is 1. The van der Waals surface area contributed by atoms with Crippen LogP contribution in [0.2, 0.25) is 0 Å². The van der Waals surface area contributed by atoms with Crippen LogP contribution in [-0.2, 0) is 11.2 Å². The molecular weight excluding hydrogens is 374 g/mol. The summed E-state index contributed by atoms with van der Waals surface area (Å²) in [5.74, 6) is 0.892. The van der Waals surface area contributed by atoms with Gasteiger partial charge in [0.25, 0.3) is 0 Å². The Bertz CT molecular complexity index is 1080. The molecule has 3 heterocycles. The number of aryl methyl sites for hydroxylation is 2. The number of hydrogen-bond donors (Lipinski definition) is 1. The summed E-state index contributed by atoms with van der Waals surface area (Å²) in [5, 5.41) is 13.4. The normalized spacial score (nSPS) is 10.9. The summed E-state index contributed by atoms with van der Waals surface area (Å²) in [5.41, 5.74) is 3.34. The molecule has 0 unspecified atom stereocenters.